The summed E-state index contributed by atoms with van der Waals surface area (Å²) in [4.78, 5) is 0.177. The first-order chi connectivity index (χ1) is 8.58. The van der Waals surface area contributed by atoms with Crippen LogP contribution in [0.15, 0.2) is 47.4 Å². The highest BCUT2D eigenvalue weighted by atomic mass is 35.5. The molecule has 0 aromatic heterocycles. The average Bonchev–Trinajstić information content (AvgIpc) is 2.34. The van der Waals surface area contributed by atoms with Gasteiger partial charge in [-0.2, -0.15) is 0 Å². The molecule has 94 valence electrons. The second kappa shape index (κ2) is 5.50. The molecule has 1 atom stereocenters. The molecular weight excluding hydrogens is 273 g/mol. The van der Waals surface area contributed by atoms with Crippen LogP contribution >= 0.6 is 11.6 Å². The Kier molecular flexibility index (Phi) is 3.99. The van der Waals surface area contributed by atoms with Gasteiger partial charge < -0.3 is 5.73 Å². The highest BCUT2D eigenvalue weighted by Crippen LogP contribution is 2.23. The van der Waals surface area contributed by atoms with Crippen LogP contribution in [0.25, 0.3) is 0 Å². The third-order valence-electron chi connectivity index (χ3n) is 2.44. The highest BCUT2D eigenvalue weighted by Gasteiger charge is 2.12. The predicted molar refractivity (Wildman–Crippen MR) is 72.4 cm³/mol. The van der Waals surface area contributed by atoms with Crippen molar-refractivity contribution in [2.45, 2.75) is 10.6 Å². The first-order valence-corrected chi connectivity index (χ1v) is 6.94. The van der Waals surface area contributed by atoms with E-state index in [1.165, 1.54) is 12.1 Å². The normalized spacial score (nSPS) is 12.3. The van der Waals surface area contributed by atoms with Crippen molar-refractivity contribution in [2.75, 3.05) is 5.73 Å². The van der Waals surface area contributed by atoms with Gasteiger partial charge in [-0.3, -0.25) is 4.21 Å². The van der Waals surface area contributed by atoms with Gasteiger partial charge in [0, 0.05) is 10.7 Å². The van der Waals surface area contributed by atoms with E-state index in [4.69, 9.17) is 17.3 Å². The van der Waals surface area contributed by atoms with Crippen molar-refractivity contribution in [1.29, 1.82) is 0 Å². The smallest absolute Gasteiger partial charge is 0.139 e. The maximum absolute atomic E-state index is 13.5. The van der Waals surface area contributed by atoms with Crippen molar-refractivity contribution in [2.24, 2.45) is 0 Å². The fourth-order valence-corrected chi connectivity index (χ4v) is 3.01. The minimum atomic E-state index is -1.48. The highest BCUT2D eigenvalue weighted by molar-refractivity contribution is 7.84. The van der Waals surface area contributed by atoms with Gasteiger partial charge in [0.05, 0.1) is 21.4 Å². The number of rotatable bonds is 3. The lowest BCUT2D eigenvalue weighted by molar-refractivity contribution is 0.595. The Labute approximate surface area is 112 Å². The lowest BCUT2D eigenvalue weighted by Gasteiger charge is -2.06. The number of halogens is 2. The number of hydrogen-bond acceptors (Lipinski definition) is 2. The summed E-state index contributed by atoms with van der Waals surface area (Å²) in [5.74, 6) is -0.332. The van der Waals surface area contributed by atoms with Crippen molar-refractivity contribution in [1.82, 2.24) is 0 Å². The van der Waals surface area contributed by atoms with Crippen molar-refractivity contribution in [3.05, 3.63) is 58.9 Å². The molecule has 0 aliphatic heterocycles. The van der Waals surface area contributed by atoms with Crippen LogP contribution in [0.2, 0.25) is 5.02 Å². The van der Waals surface area contributed by atoms with E-state index >= 15 is 0 Å². The second-order valence-corrected chi connectivity index (χ2v) is 5.60. The van der Waals surface area contributed by atoms with Gasteiger partial charge >= 0.3 is 0 Å². The Morgan fingerprint density at radius 2 is 1.94 bits per heavy atom. The van der Waals surface area contributed by atoms with E-state index < -0.39 is 16.6 Å². The molecule has 0 saturated heterocycles. The number of benzene rings is 2. The van der Waals surface area contributed by atoms with Crippen molar-refractivity contribution in [3.8, 4) is 0 Å². The predicted octanol–water partition coefficient (Wildman–Crippen LogP) is 3.37. The van der Waals surface area contributed by atoms with Gasteiger partial charge in [0.1, 0.15) is 5.82 Å². The van der Waals surface area contributed by atoms with Crippen LogP contribution in [0.3, 0.4) is 0 Å². The Hall–Kier alpha value is -1.39. The topological polar surface area (TPSA) is 43.1 Å². The summed E-state index contributed by atoms with van der Waals surface area (Å²) in [6.07, 6.45) is 0. The van der Waals surface area contributed by atoms with Crippen molar-refractivity contribution >= 4 is 28.1 Å². The molecule has 18 heavy (non-hydrogen) atoms. The van der Waals surface area contributed by atoms with Gasteiger partial charge in [-0.05, 0) is 35.9 Å². The molecule has 0 radical (unpaired) electrons. The molecular formula is C13H11ClFNOS. The van der Waals surface area contributed by atoms with E-state index in [2.05, 4.69) is 0 Å². The minimum absolute atomic E-state index is 0.144. The van der Waals surface area contributed by atoms with Crippen LogP contribution in [-0.2, 0) is 16.6 Å². The third-order valence-corrected chi connectivity index (χ3v) is 4.20. The van der Waals surface area contributed by atoms with Gasteiger partial charge in [0.15, 0.2) is 0 Å². The number of hydrogen-bond donors (Lipinski definition) is 1. The first kappa shape index (κ1) is 13.1. The summed E-state index contributed by atoms with van der Waals surface area (Å²) < 4.78 is 25.5. The third kappa shape index (κ3) is 2.89. The maximum atomic E-state index is 13.5. The molecule has 2 rings (SSSR count). The van der Waals surface area contributed by atoms with Gasteiger partial charge in [-0.1, -0.05) is 23.7 Å². The Morgan fingerprint density at radius 1 is 1.22 bits per heavy atom. The molecule has 0 fully saturated rings. The van der Waals surface area contributed by atoms with Crippen LogP contribution in [0, 0.1) is 5.82 Å². The largest absolute Gasteiger partial charge is 0.399 e. The van der Waals surface area contributed by atoms with E-state index in [-0.39, 0.29) is 10.6 Å². The van der Waals surface area contributed by atoms with E-state index in [1.807, 2.05) is 0 Å². The Morgan fingerprint density at radius 3 is 2.67 bits per heavy atom. The average molecular weight is 284 g/mol. The maximum Gasteiger partial charge on any atom is 0.139 e. The molecule has 2 nitrogen and oxygen atoms in total. The first-order valence-electron chi connectivity index (χ1n) is 5.25. The van der Waals surface area contributed by atoms with Gasteiger partial charge in [-0.15, -0.1) is 0 Å². The van der Waals surface area contributed by atoms with E-state index in [1.54, 1.807) is 30.3 Å². The fraction of sp³-hybridized carbons (Fsp3) is 0.0769. The Balaban J connectivity index is 2.27. The molecule has 0 bridgehead atoms. The second-order valence-electron chi connectivity index (χ2n) is 3.77. The number of anilines is 1. The molecule has 0 heterocycles. The van der Waals surface area contributed by atoms with Crippen molar-refractivity contribution in [3.63, 3.8) is 0 Å². The molecule has 0 amide bonds. The van der Waals surface area contributed by atoms with E-state index in [0.717, 1.165) is 0 Å². The summed E-state index contributed by atoms with van der Waals surface area (Å²) in [6.45, 7) is 0. The summed E-state index contributed by atoms with van der Waals surface area (Å²) in [6, 6.07) is 11.0. The Bertz CT molecular complexity index is 603. The van der Waals surface area contributed by atoms with Gasteiger partial charge in [0.25, 0.3) is 0 Å². The summed E-state index contributed by atoms with van der Waals surface area (Å²) in [5.41, 5.74) is 6.83. The van der Waals surface area contributed by atoms with Gasteiger partial charge in [0.2, 0.25) is 0 Å². The number of nitrogens with two attached hydrogens (primary N) is 1. The fourth-order valence-electron chi connectivity index (χ4n) is 1.55. The quantitative estimate of drug-likeness (QED) is 0.878. The monoisotopic (exact) mass is 283 g/mol. The molecule has 0 saturated carbocycles. The summed E-state index contributed by atoms with van der Waals surface area (Å²) in [5, 5.41) is 0.480. The van der Waals surface area contributed by atoms with Crippen LogP contribution in [0.1, 0.15) is 5.56 Å². The summed E-state index contributed by atoms with van der Waals surface area (Å²) in [7, 11) is -1.48. The molecule has 2 N–H and O–H groups in total. The zero-order valence-corrected chi connectivity index (χ0v) is 11.0. The minimum Gasteiger partial charge on any atom is -0.399 e. The van der Waals surface area contributed by atoms with Crippen molar-refractivity contribution < 1.29 is 8.60 Å². The molecule has 1 unspecified atom stereocenters. The standard InChI is InChI=1S/C13H11ClFNOS/c14-11-6-5-10(16)7-9(11)8-18(17)13-4-2-1-3-12(13)15/h1-7H,8,16H2. The molecule has 5 heteroatoms. The molecule has 0 spiro atoms. The van der Waals surface area contributed by atoms with Crippen LogP contribution < -0.4 is 5.73 Å². The number of nitrogen functional groups attached to an aromatic ring is 1. The zero-order valence-electron chi connectivity index (χ0n) is 9.40. The van der Waals surface area contributed by atoms with E-state index in [9.17, 15) is 8.60 Å². The molecule has 0 aliphatic carbocycles. The SMILES string of the molecule is Nc1ccc(Cl)c(CS(=O)c2ccccc2F)c1. The molecule has 2 aromatic rings. The molecule has 0 aliphatic rings. The van der Waals surface area contributed by atoms with Crippen LogP contribution in [0.4, 0.5) is 10.1 Å². The lowest BCUT2D eigenvalue weighted by Crippen LogP contribution is -2.00. The van der Waals surface area contributed by atoms with Crippen LogP contribution in [0.5, 0.6) is 0 Å². The zero-order chi connectivity index (χ0) is 13.1. The lowest BCUT2D eigenvalue weighted by atomic mass is 10.2. The summed E-state index contributed by atoms with van der Waals surface area (Å²) >= 11 is 5.98. The van der Waals surface area contributed by atoms with E-state index in [0.29, 0.717) is 16.3 Å². The van der Waals surface area contributed by atoms with Gasteiger partial charge in [-0.25, -0.2) is 4.39 Å². The molecule has 2 aromatic carbocycles. The van der Waals surface area contributed by atoms with Crippen LogP contribution in [-0.4, -0.2) is 4.21 Å².